The van der Waals surface area contributed by atoms with E-state index in [0.717, 1.165) is 5.69 Å². The summed E-state index contributed by atoms with van der Waals surface area (Å²) in [4.78, 5) is 20.1. The minimum absolute atomic E-state index is 0.0421. The molecule has 0 unspecified atom stereocenters. The van der Waals surface area contributed by atoms with Crippen LogP contribution in [-0.4, -0.2) is 70.9 Å². The number of alkyl halides is 2. The maximum Gasteiger partial charge on any atom is 0.266 e. The number of halogens is 2. The molecule has 2 N–H and O–H groups in total. The van der Waals surface area contributed by atoms with Gasteiger partial charge in [-0.2, -0.15) is 9.90 Å². The van der Waals surface area contributed by atoms with Crippen molar-refractivity contribution < 1.29 is 22.8 Å². The zero-order valence-corrected chi connectivity index (χ0v) is 19.1. The number of amides is 1. The van der Waals surface area contributed by atoms with Crippen LogP contribution in [0.15, 0.2) is 36.8 Å². The number of anilines is 2. The Morgan fingerprint density at radius 3 is 2.81 bits per heavy atom. The maximum absolute atomic E-state index is 13.3. The number of aliphatic hydroxyl groups is 1. The van der Waals surface area contributed by atoms with Gasteiger partial charge in [-0.3, -0.25) is 9.78 Å². The van der Waals surface area contributed by atoms with Crippen molar-refractivity contribution in [3.05, 3.63) is 48.0 Å². The largest absolute Gasteiger partial charge is 0.384 e. The van der Waals surface area contributed by atoms with E-state index in [0.29, 0.717) is 45.9 Å². The normalized spacial score (nSPS) is 19.5. The molecule has 1 saturated carbocycles. The van der Waals surface area contributed by atoms with Crippen LogP contribution in [0, 0.1) is 12.3 Å². The first kappa shape index (κ1) is 19.2. The summed E-state index contributed by atoms with van der Waals surface area (Å²) >= 11 is 0. The number of aromatic nitrogens is 7. The van der Waals surface area contributed by atoms with Crippen LogP contribution in [0.2, 0.25) is 0 Å². The molecule has 4 aromatic rings. The molecule has 2 fully saturated rings. The minimum atomic E-state index is -2.75. The Kier molecular flexibility index (Phi) is 4.14. The second-order valence-corrected chi connectivity index (χ2v) is 9.60. The fourth-order valence-corrected chi connectivity index (χ4v) is 5.21. The van der Waals surface area contributed by atoms with Gasteiger partial charge in [0.25, 0.3) is 12.3 Å². The molecule has 13 heteroatoms. The summed E-state index contributed by atoms with van der Waals surface area (Å²) in [7, 11) is 0. The van der Waals surface area contributed by atoms with Crippen molar-refractivity contribution in [3.63, 3.8) is 0 Å². The molecule has 2 aliphatic rings. The van der Waals surface area contributed by atoms with Crippen molar-refractivity contribution in [2.75, 3.05) is 23.3 Å². The first-order chi connectivity index (χ1) is 18.4. The molecule has 1 amide bonds. The molecule has 1 spiro atoms. The molecule has 1 aliphatic heterocycles. The van der Waals surface area contributed by atoms with Crippen molar-refractivity contribution >= 4 is 22.8 Å². The van der Waals surface area contributed by atoms with Gasteiger partial charge >= 0.3 is 0 Å². The summed E-state index contributed by atoms with van der Waals surface area (Å²) in [5.41, 5.74) is 0.734. The minimum Gasteiger partial charge on any atom is -0.384 e. The molecule has 11 nitrogen and oxygen atoms in total. The average molecular weight is 499 g/mol. The number of hydrogen-bond acceptors (Lipinski definition) is 8. The first-order valence-electron chi connectivity index (χ1n) is 12.7. The zero-order valence-electron chi connectivity index (χ0n) is 22.1. The number of tetrazole rings is 1. The van der Waals surface area contributed by atoms with Crippen LogP contribution in [0.5, 0.6) is 0 Å². The average Bonchev–Trinajstić information content (AvgIpc) is 3.49. The molecule has 0 radical (unpaired) electrons. The highest BCUT2D eigenvalue weighted by molar-refractivity contribution is 6.09. The van der Waals surface area contributed by atoms with Gasteiger partial charge in [-0.25, -0.2) is 13.3 Å². The lowest BCUT2D eigenvalue weighted by molar-refractivity contribution is -0.209. The SMILES string of the molecule is [2H]C([2H])([2H])n1nnc(-c2cnc(C)c(NC(=O)c3cnn4ccc(N5CC6(C5)CC(O)(C(F)F)C6)cc34)c2)n1. The molecular formula is C23H23F2N9O2. The van der Waals surface area contributed by atoms with Crippen molar-refractivity contribution in [1.82, 2.24) is 34.8 Å². The fraction of sp³-hybridized carbons (Fsp3) is 0.391. The molecule has 0 atom stereocenters. The summed E-state index contributed by atoms with van der Waals surface area (Å²) in [6.07, 6.45) is 2.02. The van der Waals surface area contributed by atoms with Crippen LogP contribution in [0.1, 0.15) is 33.0 Å². The Balaban J connectivity index is 1.20. The van der Waals surface area contributed by atoms with Crippen molar-refractivity contribution in [2.24, 2.45) is 12.4 Å². The van der Waals surface area contributed by atoms with Crippen LogP contribution < -0.4 is 10.2 Å². The highest BCUT2D eigenvalue weighted by Gasteiger charge is 2.63. The Hall–Kier alpha value is -4.00. The number of rotatable bonds is 5. The second-order valence-electron chi connectivity index (χ2n) is 9.60. The van der Waals surface area contributed by atoms with E-state index in [2.05, 4.69) is 30.8 Å². The fourth-order valence-electron chi connectivity index (χ4n) is 5.21. The predicted octanol–water partition coefficient (Wildman–Crippen LogP) is 2.08. The molecule has 36 heavy (non-hydrogen) atoms. The van der Waals surface area contributed by atoms with Gasteiger partial charge in [-0.1, -0.05) is 0 Å². The molecule has 0 bridgehead atoms. The quantitative estimate of drug-likeness (QED) is 0.428. The number of fused-ring (bicyclic) bond motifs is 1. The van der Waals surface area contributed by atoms with Crippen LogP contribution >= 0.6 is 0 Å². The summed E-state index contributed by atoms with van der Waals surface area (Å²) in [6.45, 7) is 0.222. The van der Waals surface area contributed by atoms with Crippen molar-refractivity contribution in [3.8, 4) is 11.4 Å². The Bertz CT molecular complexity index is 1590. The molecule has 6 rings (SSSR count). The van der Waals surface area contributed by atoms with E-state index in [-0.39, 0.29) is 24.1 Å². The number of carbonyl (C=O) groups excluding carboxylic acids is 1. The van der Waals surface area contributed by atoms with E-state index >= 15 is 0 Å². The molecule has 5 heterocycles. The lowest BCUT2D eigenvalue weighted by Gasteiger charge is -2.62. The maximum atomic E-state index is 13.3. The van der Waals surface area contributed by atoms with Gasteiger partial charge in [0.15, 0.2) is 0 Å². The lowest BCUT2D eigenvalue weighted by atomic mass is 9.55. The van der Waals surface area contributed by atoms with E-state index in [1.807, 2.05) is 17.0 Å². The predicted molar refractivity (Wildman–Crippen MR) is 125 cm³/mol. The Morgan fingerprint density at radius 1 is 1.28 bits per heavy atom. The number of aryl methyl sites for hydroxylation is 2. The standard InChI is InChI=1S/C23H23F2N9O2/c1-13-17(5-14(7-26-13)19-29-31-32(2)30-19)28-20(35)16-8-27-34-4-3-15(6-18(16)34)33-11-22(12-33)9-23(36,10-22)21(24)25/h3-8,21,36H,9-12H2,1-2H3,(H,28,35)/i2D3. The van der Waals surface area contributed by atoms with Crippen molar-refractivity contribution in [2.45, 2.75) is 31.8 Å². The molecule has 186 valence electrons. The van der Waals surface area contributed by atoms with E-state index < -0.39 is 24.9 Å². The molecular weight excluding hydrogens is 472 g/mol. The molecule has 4 aromatic heterocycles. The lowest BCUT2D eigenvalue weighted by Crippen LogP contribution is -2.70. The van der Waals surface area contributed by atoms with Gasteiger partial charge in [0.05, 0.1) is 35.6 Å². The van der Waals surface area contributed by atoms with Crippen molar-refractivity contribution in [1.29, 1.82) is 0 Å². The summed E-state index contributed by atoms with van der Waals surface area (Å²) < 4.78 is 49.8. The number of nitrogens with one attached hydrogen (secondary N) is 1. The third-order valence-corrected chi connectivity index (χ3v) is 6.94. The van der Waals surface area contributed by atoms with Gasteiger partial charge in [-0.05, 0) is 43.2 Å². The van der Waals surface area contributed by atoms with E-state index in [4.69, 9.17) is 4.11 Å². The van der Waals surface area contributed by atoms with Gasteiger partial charge < -0.3 is 15.3 Å². The zero-order chi connectivity index (χ0) is 27.7. The first-order valence-corrected chi connectivity index (χ1v) is 11.2. The Labute approximate surface area is 208 Å². The van der Waals surface area contributed by atoms with Crippen LogP contribution in [0.4, 0.5) is 20.2 Å². The highest BCUT2D eigenvalue weighted by Crippen LogP contribution is 2.56. The second kappa shape index (κ2) is 7.75. The molecule has 1 saturated heterocycles. The number of nitrogens with zero attached hydrogens (tertiary/aromatic N) is 8. The highest BCUT2D eigenvalue weighted by atomic mass is 19.3. The smallest absolute Gasteiger partial charge is 0.266 e. The van der Waals surface area contributed by atoms with Crippen LogP contribution in [0.25, 0.3) is 16.9 Å². The summed E-state index contributed by atoms with van der Waals surface area (Å²) in [5.74, 6) is -0.398. The Morgan fingerprint density at radius 2 is 2.08 bits per heavy atom. The molecule has 1 aliphatic carbocycles. The summed E-state index contributed by atoms with van der Waals surface area (Å²) in [5, 5.41) is 28.2. The van der Waals surface area contributed by atoms with Crippen LogP contribution in [0.3, 0.4) is 0 Å². The number of hydrogen-bond donors (Lipinski definition) is 2. The van der Waals surface area contributed by atoms with Crippen LogP contribution in [-0.2, 0) is 6.98 Å². The van der Waals surface area contributed by atoms with E-state index in [1.54, 1.807) is 23.7 Å². The summed E-state index contributed by atoms with van der Waals surface area (Å²) in [6, 6.07) is 5.23. The topological polar surface area (TPSA) is 126 Å². The van der Waals surface area contributed by atoms with E-state index in [9.17, 15) is 18.7 Å². The monoisotopic (exact) mass is 498 g/mol. The molecule has 0 aromatic carbocycles. The third-order valence-electron chi connectivity index (χ3n) is 6.94. The van der Waals surface area contributed by atoms with Gasteiger partial charge in [0, 0.05) is 46.3 Å². The van der Waals surface area contributed by atoms with Gasteiger partial charge in [0.2, 0.25) is 5.82 Å². The number of carbonyl (C=O) groups is 1. The number of pyridine rings is 2. The van der Waals surface area contributed by atoms with E-state index in [1.165, 1.54) is 12.4 Å². The third kappa shape index (κ3) is 3.58. The van der Waals surface area contributed by atoms with Gasteiger partial charge in [0.1, 0.15) is 5.60 Å². The van der Waals surface area contributed by atoms with Gasteiger partial charge in [-0.15, -0.1) is 10.2 Å².